The maximum absolute atomic E-state index is 13.5. The van der Waals surface area contributed by atoms with E-state index in [4.69, 9.17) is 4.74 Å². The van der Waals surface area contributed by atoms with Crippen LogP contribution in [-0.4, -0.2) is 52.0 Å². The molecule has 32 heavy (non-hydrogen) atoms. The van der Waals surface area contributed by atoms with E-state index >= 15 is 0 Å². The summed E-state index contributed by atoms with van der Waals surface area (Å²) in [5.41, 5.74) is 1.03. The molecule has 2 aromatic rings. The van der Waals surface area contributed by atoms with Crippen molar-refractivity contribution in [2.45, 2.75) is 57.7 Å². The molecule has 2 amide bonds. The van der Waals surface area contributed by atoms with Gasteiger partial charge in [-0.15, -0.1) is 0 Å². The minimum atomic E-state index is -0.904. The van der Waals surface area contributed by atoms with Crippen LogP contribution in [0, 0.1) is 0 Å². The highest BCUT2D eigenvalue weighted by molar-refractivity contribution is 5.95. The van der Waals surface area contributed by atoms with Crippen LogP contribution in [0.15, 0.2) is 54.6 Å². The summed E-state index contributed by atoms with van der Waals surface area (Å²) in [6, 6.07) is 14.6. The third-order valence-electron chi connectivity index (χ3n) is 5.27. The fourth-order valence-corrected chi connectivity index (χ4v) is 3.77. The number of aromatic hydroxyl groups is 1. The Kier molecular flexibility index (Phi) is 7.18. The molecule has 0 unspecified atom stereocenters. The number of hydrogen-bond acceptors (Lipinski definition) is 5. The largest absolute Gasteiger partial charge is 0.508 e. The van der Waals surface area contributed by atoms with Crippen LogP contribution in [0.5, 0.6) is 5.75 Å². The van der Waals surface area contributed by atoms with Gasteiger partial charge in [0.1, 0.15) is 17.4 Å². The van der Waals surface area contributed by atoms with Crippen molar-refractivity contribution >= 4 is 17.8 Å². The molecule has 2 N–H and O–H groups in total. The normalized spacial score (nSPS) is 17.2. The summed E-state index contributed by atoms with van der Waals surface area (Å²) in [5.74, 6) is -0.191. The van der Waals surface area contributed by atoms with Gasteiger partial charge in [0.25, 0.3) is 0 Å². The molecule has 1 aliphatic rings. The lowest BCUT2D eigenvalue weighted by Gasteiger charge is -2.29. The van der Waals surface area contributed by atoms with E-state index in [1.54, 1.807) is 37.8 Å². The van der Waals surface area contributed by atoms with Gasteiger partial charge in [0.05, 0.1) is 6.04 Å². The number of ether oxygens (including phenoxy) is 1. The van der Waals surface area contributed by atoms with Gasteiger partial charge in [0.15, 0.2) is 5.78 Å². The number of carbonyl (C=O) groups is 3. The molecule has 0 bridgehead atoms. The molecule has 0 aromatic heterocycles. The lowest BCUT2D eigenvalue weighted by molar-refractivity contribution is -0.136. The summed E-state index contributed by atoms with van der Waals surface area (Å²) in [5, 5.41) is 12.2. The number of Topliss-reactive ketones (excluding diaryl/α,β-unsaturated/α-hetero) is 1. The van der Waals surface area contributed by atoms with Crippen molar-refractivity contribution < 1.29 is 24.2 Å². The Hall–Kier alpha value is -3.35. The number of rotatable bonds is 6. The fraction of sp³-hybridized carbons (Fsp3) is 0.400. The molecule has 0 radical (unpaired) electrons. The van der Waals surface area contributed by atoms with Crippen molar-refractivity contribution in [2.24, 2.45) is 0 Å². The molecule has 3 rings (SSSR count). The molecule has 1 aliphatic heterocycles. The lowest BCUT2D eigenvalue weighted by atomic mass is 10.0. The third-order valence-corrected chi connectivity index (χ3v) is 5.27. The van der Waals surface area contributed by atoms with Crippen molar-refractivity contribution in [1.82, 2.24) is 10.2 Å². The molecular weight excluding hydrogens is 408 g/mol. The third kappa shape index (κ3) is 6.33. The molecule has 2 aromatic carbocycles. The smallest absolute Gasteiger partial charge is 0.408 e. The molecule has 0 aliphatic carbocycles. The highest BCUT2D eigenvalue weighted by Gasteiger charge is 2.39. The van der Waals surface area contributed by atoms with E-state index in [-0.39, 0.29) is 23.9 Å². The summed E-state index contributed by atoms with van der Waals surface area (Å²) in [7, 11) is 0. The summed E-state index contributed by atoms with van der Waals surface area (Å²) >= 11 is 0. The number of alkyl carbamates (subject to hydrolysis) is 1. The van der Waals surface area contributed by atoms with Crippen molar-refractivity contribution in [3.63, 3.8) is 0 Å². The van der Waals surface area contributed by atoms with E-state index in [0.29, 0.717) is 19.4 Å². The van der Waals surface area contributed by atoms with Crippen molar-refractivity contribution in [1.29, 1.82) is 0 Å². The minimum Gasteiger partial charge on any atom is -0.508 e. The van der Waals surface area contributed by atoms with Gasteiger partial charge in [-0.05, 0) is 50.5 Å². The van der Waals surface area contributed by atoms with Crippen molar-refractivity contribution in [3.05, 3.63) is 65.7 Å². The van der Waals surface area contributed by atoms with Gasteiger partial charge in [0.2, 0.25) is 5.91 Å². The average molecular weight is 439 g/mol. The van der Waals surface area contributed by atoms with Crippen LogP contribution in [0.4, 0.5) is 4.79 Å². The van der Waals surface area contributed by atoms with E-state index in [9.17, 15) is 19.5 Å². The monoisotopic (exact) mass is 438 g/mol. The standard InChI is InChI=1S/C25H30N2O5/c1-25(2,3)32-24(31)26-20(15-18-9-11-19(28)12-10-18)23(30)27-14-13-22(29)21(27)16-17-7-5-4-6-8-17/h4-12,20-21,28H,13-16H2,1-3H3,(H,26,31)/t20-,21+/m0/s1. The molecular formula is C25H30N2O5. The van der Waals surface area contributed by atoms with Gasteiger partial charge in [-0.3, -0.25) is 9.59 Å². The molecule has 1 saturated heterocycles. The summed E-state index contributed by atoms with van der Waals surface area (Å²) in [6.07, 6.45) is 0.242. The van der Waals surface area contributed by atoms with Crippen LogP contribution in [0.3, 0.4) is 0 Å². The second kappa shape index (κ2) is 9.85. The fourth-order valence-electron chi connectivity index (χ4n) is 3.77. The molecule has 1 heterocycles. The Morgan fingerprint density at radius 2 is 1.75 bits per heavy atom. The maximum atomic E-state index is 13.5. The van der Waals surface area contributed by atoms with E-state index < -0.39 is 23.8 Å². The summed E-state index contributed by atoms with van der Waals surface area (Å²) < 4.78 is 5.35. The number of phenolic OH excluding ortho intramolecular Hbond substituents is 1. The number of benzene rings is 2. The van der Waals surface area contributed by atoms with Gasteiger partial charge in [-0.25, -0.2) is 4.79 Å². The number of nitrogens with one attached hydrogen (secondary N) is 1. The molecule has 0 spiro atoms. The predicted molar refractivity (Wildman–Crippen MR) is 120 cm³/mol. The van der Waals surface area contributed by atoms with Gasteiger partial charge in [-0.2, -0.15) is 0 Å². The highest BCUT2D eigenvalue weighted by atomic mass is 16.6. The molecule has 0 saturated carbocycles. The molecule has 7 heteroatoms. The summed E-state index contributed by atoms with van der Waals surface area (Å²) in [4.78, 5) is 40.1. The van der Waals surface area contributed by atoms with E-state index in [2.05, 4.69) is 5.32 Å². The van der Waals surface area contributed by atoms with Crippen molar-refractivity contribution in [3.8, 4) is 5.75 Å². The Morgan fingerprint density at radius 1 is 1.09 bits per heavy atom. The van der Waals surface area contributed by atoms with E-state index in [1.165, 1.54) is 12.1 Å². The Balaban J connectivity index is 1.81. The van der Waals surface area contributed by atoms with Gasteiger partial charge >= 0.3 is 6.09 Å². The number of ketones is 1. The van der Waals surface area contributed by atoms with Crippen LogP contribution in [0.25, 0.3) is 0 Å². The van der Waals surface area contributed by atoms with Crippen LogP contribution in [0.1, 0.15) is 38.3 Å². The van der Waals surface area contributed by atoms with Gasteiger partial charge in [-0.1, -0.05) is 42.5 Å². The van der Waals surface area contributed by atoms with Crippen molar-refractivity contribution in [2.75, 3.05) is 6.54 Å². The average Bonchev–Trinajstić information content (AvgIpc) is 3.08. The van der Waals surface area contributed by atoms with E-state index in [0.717, 1.165) is 11.1 Å². The molecule has 7 nitrogen and oxygen atoms in total. The van der Waals surface area contributed by atoms with Gasteiger partial charge in [0, 0.05) is 19.4 Å². The zero-order valence-corrected chi connectivity index (χ0v) is 18.7. The highest BCUT2D eigenvalue weighted by Crippen LogP contribution is 2.21. The number of hydrogen-bond donors (Lipinski definition) is 2. The Morgan fingerprint density at radius 3 is 2.38 bits per heavy atom. The quantitative estimate of drug-likeness (QED) is 0.722. The number of phenols is 1. The zero-order valence-electron chi connectivity index (χ0n) is 18.7. The second-order valence-electron chi connectivity index (χ2n) is 9.02. The zero-order chi connectivity index (χ0) is 23.3. The second-order valence-corrected chi connectivity index (χ2v) is 9.02. The SMILES string of the molecule is CC(C)(C)OC(=O)N[C@@H](Cc1ccc(O)cc1)C(=O)N1CCC(=O)[C@H]1Cc1ccccc1. The van der Waals surface area contributed by atoms with Gasteiger partial charge < -0.3 is 20.1 Å². The van der Waals surface area contributed by atoms with Crippen LogP contribution < -0.4 is 5.32 Å². The van der Waals surface area contributed by atoms with E-state index in [1.807, 2.05) is 30.3 Å². The van der Waals surface area contributed by atoms with Crippen LogP contribution >= 0.6 is 0 Å². The summed E-state index contributed by atoms with van der Waals surface area (Å²) in [6.45, 7) is 5.56. The Labute approximate surface area is 188 Å². The molecule has 170 valence electrons. The lowest BCUT2D eigenvalue weighted by Crippen LogP contribution is -2.53. The minimum absolute atomic E-state index is 0.0165. The predicted octanol–water partition coefficient (Wildman–Crippen LogP) is 3.24. The first-order valence-electron chi connectivity index (χ1n) is 10.8. The van der Waals surface area contributed by atoms with Crippen LogP contribution in [0.2, 0.25) is 0 Å². The molecule has 1 fully saturated rings. The number of amides is 2. The number of carbonyl (C=O) groups excluding carboxylic acids is 3. The topological polar surface area (TPSA) is 95.9 Å². The number of nitrogens with zero attached hydrogens (tertiary/aromatic N) is 1. The first-order chi connectivity index (χ1) is 15.1. The first-order valence-corrected chi connectivity index (χ1v) is 10.8. The maximum Gasteiger partial charge on any atom is 0.408 e. The number of likely N-dealkylation sites (tertiary alicyclic amines) is 1. The Bertz CT molecular complexity index is 951. The van der Waals surface area contributed by atoms with Crippen LogP contribution in [-0.2, 0) is 27.2 Å². The first kappa shape index (κ1) is 23.3. The molecule has 2 atom stereocenters.